The van der Waals surface area contributed by atoms with Crippen LogP contribution in [0.25, 0.3) is 16.6 Å². The van der Waals surface area contributed by atoms with E-state index in [9.17, 15) is 18.8 Å². The molecule has 9 heteroatoms. The Morgan fingerprint density at radius 3 is 2.40 bits per heavy atom. The highest BCUT2D eigenvalue weighted by molar-refractivity contribution is 7.99. The number of hydrogen-bond donors (Lipinski definition) is 1. The number of aromatic nitrogens is 2. The van der Waals surface area contributed by atoms with Gasteiger partial charge in [0, 0.05) is 0 Å². The molecule has 4 aromatic rings. The van der Waals surface area contributed by atoms with Gasteiger partial charge in [-0.3, -0.25) is 23.9 Å². The maximum Gasteiger partial charge on any atom is 0.266 e. The number of benzene rings is 3. The van der Waals surface area contributed by atoms with Crippen LogP contribution < -0.4 is 15.8 Å². The number of nitrogens with zero attached hydrogens (tertiary/aromatic N) is 3. The molecule has 3 aromatic carbocycles. The minimum absolute atomic E-state index is 0.0497. The Bertz CT molecular complexity index is 1550. The van der Waals surface area contributed by atoms with Gasteiger partial charge in [-0.2, -0.15) is 0 Å². The standard InChI is InChI=1S/C26H21FN4O3S/c1-26(2)24(34)28-19-12-6-8-14-21(19)31(26)22(32)15-35-25-29-18-11-5-3-9-16(18)23(33)30(25)20-13-7-4-10-17(20)27/h3-14H,15H2,1-2H3,(H,28,34). The molecule has 0 atom stereocenters. The number of carbonyl (C=O) groups excluding carboxylic acids is 2. The lowest BCUT2D eigenvalue weighted by Crippen LogP contribution is -2.59. The van der Waals surface area contributed by atoms with Crippen molar-refractivity contribution in [2.75, 3.05) is 16.0 Å². The van der Waals surface area contributed by atoms with Crippen LogP contribution in [0.3, 0.4) is 0 Å². The molecule has 35 heavy (non-hydrogen) atoms. The van der Waals surface area contributed by atoms with E-state index in [0.717, 1.165) is 11.8 Å². The molecule has 0 aliphatic carbocycles. The molecule has 5 rings (SSSR count). The van der Waals surface area contributed by atoms with E-state index in [-0.39, 0.29) is 28.4 Å². The van der Waals surface area contributed by atoms with Crippen molar-refractivity contribution in [2.24, 2.45) is 0 Å². The second-order valence-electron chi connectivity index (χ2n) is 8.55. The van der Waals surface area contributed by atoms with Gasteiger partial charge >= 0.3 is 0 Å². The predicted molar refractivity (Wildman–Crippen MR) is 135 cm³/mol. The maximum atomic E-state index is 14.7. The van der Waals surface area contributed by atoms with Crippen LogP contribution in [0.4, 0.5) is 15.8 Å². The Labute approximate surface area is 204 Å². The van der Waals surface area contributed by atoms with E-state index < -0.39 is 16.9 Å². The molecule has 7 nitrogen and oxygen atoms in total. The van der Waals surface area contributed by atoms with E-state index in [2.05, 4.69) is 10.3 Å². The van der Waals surface area contributed by atoms with Gasteiger partial charge in [-0.05, 0) is 50.2 Å². The van der Waals surface area contributed by atoms with Crippen molar-refractivity contribution < 1.29 is 14.0 Å². The molecule has 0 bridgehead atoms. The first-order valence-corrected chi connectivity index (χ1v) is 11.9. The molecule has 1 aliphatic rings. The lowest BCUT2D eigenvalue weighted by molar-refractivity contribution is -0.125. The molecule has 1 N–H and O–H groups in total. The molecule has 0 saturated heterocycles. The van der Waals surface area contributed by atoms with Crippen LogP contribution in [0.1, 0.15) is 13.8 Å². The maximum absolute atomic E-state index is 14.7. The second-order valence-corrected chi connectivity index (χ2v) is 9.49. The van der Waals surface area contributed by atoms with Crippen LogP contribution in [0.5, 0.6) is 0 Å². The molecule has 1 aliphatic heterocycles. The fourth-order valence-electron chi connectivity index (χ4n) is 4.14. The summed E-state index contributed by atoms with van der Waals surface area (Å²) >= 11 is 1.02. The van der Waals surface area contributed by atoms with E-state index >= 15 is 0 Å². The highest BCUT2D eigenvalue weighted by Crippen LogP contribution is 2.37. The van der Waals surface area contributed by atoms with Gasteiger partial charge in [0.1, 0.15) is 11.4 Å². The number of nitrogens with one attached hydrogen (secondary N) is 1. The number of halogens is 1. The zero-order valence-electron chi connectivity index (χ0n) is 19.0. The summed E-state index contributed by atoms with van der Waals surface area (Å²) in [7, 11) is 0. The minimum atomic E-state index is -1.13. The molecule has 176 valence electrons. The van der Waals surface area contributed by atoms with E-state index in [4.69, 9.17) is 0 Å². The van der Waals surface area contributed by atoms with Crippen molar-refractivity contribution in [2.45, 2.75) is 24.5 Å². The minimum Gasteiger partial charge on any atom is -0.322 e. The zero-order valence-corrected chi connectivity index (χ0v) is 19.8. The second kappa shape index (κ2) is 8.66. The predicted octanol–water partition coefficient (Wildman–Crippen LogP) is 4.38. The van der Waals surface area contributed by atoms with Gasteiger partial charge in [-0.1, -0.05) is 48.2 Å². The van der Waals surface area contributed by atoms with Crippen molar-refractivity contribution in [3.05, 3.63) is 89.0 Å². The first-order valence-electron chi connectivity index (χ1n) is 10.9. The Balaban J connectivity index is 1.56. The SMILES string of the molecule is CC1(C)C(=O)Nc2ccccc2N1C(=O)CSc1nc2ccccc2c(=O)n1-c1ccccc1F. The van der Waals surface area contributed by atoms with E-state index in [1.807, 2.05) is 0 Å². The molecule has 2 amide bonds. The number of hydrogen-bond acceptors (Lipinski definition) is 5. The summed E-state index contributed by atoms with van der Waals surface area (Å²) in [6, 6.07) is 19.8. The van der Waals surface area contributed by atoms with Gasteiger partial charge in [0.15, 0.2) is 5.16 Å². The van der Waals surface area contributed by atoms with Crippen LogP contribution in [0, 0.1) is 5.82 Å². The molecular weight excluding hydrogens is 467 g/mol. The summed E-state index contributed by atoms with van der Waals surface area (Å²) in [5.74, 6) is -1.35. The molecule has 0 spiro atoms. The molecule has 1 aromatic heterocycles. The van der Waals surface area contributed by atoms with Gasteiger partial charge in [-0.25, -0.2) is 9.37 Å². The molecule has 2 heterocycles. The normalized spacial score (nSPS) is 14.5. The summed E-state index contributed by atoms with van der Waals surface area (Å²) in [4.78, 5) is 45.6. The zero-order chi connectivity index (χ0) is 24.7. The van der Waals surface area contributed by atoms with Crippen molar-refractivity contribution in [1.29, 1.82) is 0 Å². The largest absolute Gasteiger partial charge is 0.322 e. The average Bonchev–Trinajstić information content (AvgIpc) is 2.84. The molecule has 0 saturated carbocycles. The molecule has 0 unspecified atom stereocenters. The van der Waals surface area contributed by atoms with Crippen LogP contribution in [0.2, 0.25) is 0 Å². The lowest BCUT2D eigenvalue weighted by Gasteiger charge is -2.42. The van der Waals surface area contributed by atoms with Gasteiger partial charge in [0.2, 0.25) is 11.8 Å². The van der Waals surface area contributed by atoms with Crippen LogP contribution in [-0.4, -0.2) is 32.7 Å². The van der Waals surface area contributed by atoms with Crippen LogP contribution in [0.15, 0.2) is 82.7 Å². The first-order chi connectivity index (χ1) is 16.8. The summed E-state index contributed by atoms with van der Waals surface area (Å²) in [6.07, 6.45) is 0. The highest BCUT2D eigenvalue weighted by atomic mass is 32.2. The lowest BCUT2D eigenvalue weighted by atomic mass is 9.96. The fraction of sp³-hybridized carbons (Fsp3) is 0.154. The third-order valence-electron chi connectivity index (χ3n) is 5.92. The Hall–Kier alpha value is -3.98. The number of anilines is 2. The number of thioether (sulfide) groups is 1. The summed E-state index contributed by atoms with van der Waals surface area (Å²) in [5.41, 5.74) is 0.0620. The molecule has 0 radical (unpaired) electrons. The number of fused-ring (bicyclic) bond motifs is 2. The van der Waals surface area contributed by atoms with Gasteiger partial charge in [0.25, 0.3) is 5.56 Å². The van der Waals surface area contributed by atoms with Crippen molar-refractivity contribution in [1.82, 2.24) is 9.55 Å². The Kier molecular flexibility index (Phi) is 5.64. The van der Waals surface area contributed by atoms with Crippen LogP contribution in [-0.2, 0) is 9.59 Å². The van der Waals surface area contributed by atoms with E-state index in [0.29, 0.717) is 22.3 Å². The smallest absolute Gasteiger partial charge is 0.266 e. The molecular formula is C26H21FN4O3S. The summed E-state index contributed by atoms with van der Waals surface area (Å²) < 4.78 is 15.9. The monoisotopic (exact) mass is 488 g/mol. The number of carbonyl (C=O) groups is 2. The van der Waals surface area contributed by atoms with Gasteiger partial charge in [-0.15, -0.1) is 0 Å². The van der Waals surface area contributed by atoms with Crippen molar-refractivity contribution >= 4 is 45.9 Å². The van der Waals surface area contributed by atoms with E-state index in [1.54, 1.807) is 68.4 Å². The van der Waals surface area contributed by atoms with Gasteiger partial charge < -0.3 is 5.32 Å². The summed E-state index contributed by atoms with van der Waals surface area (Å²) in [6.45, 7) is 3.34. The van der Waals surface area contributed by atoms with Gasteiger partial charge in [0.05, 0.1) is 33.7 Å². The third-order valence-corrected chi connectivity index (χ3v) is 6.84. The fourth-order valence-corrected chi connectivity index (χ4v) is 5.00. The number of para-hydroxylation sites is 4. The number of amides is 2. The topological polar surface area (TPSA) is 84.3 Å². The van der Waals surface area contributed by atoms with E-state index in [1.165, 1.54) is 27.7 Å². The Morgan fingerprint density at radius 2 is 1.63 bits per heavy atom. The first kappa shape index (κ1) is 22.8. The highest BCUT2D eigenvalue weighted by Gasteiger charge is 2.43. The quantitative estimate of drug-likeness (QED) is 0.340. The van der Waals surface area contributed by atoms with Crippen LogP contribution >= 0.6 is 11.8 Å². The Morgan fingerprint density at radius 1 is 0.971 bits per heavy atom. The van der Waals surface area contributed by atoms with Crippen molar-refractivity contribution in [3.63, 3.8) is 0 Å². The molecule has 0 fully saturated rings. The third kappa shape index (κ3) is 3.87. The van der Waals surface area contributed by atoms with Crippen molar-refractivity contribution in [3.8, 4) is 5.69 Å². The number of rotatable bonds is 4. The summed E-state index contributed by atoms with van der Waals surface area (Å²) in [5, 5.41) is 3.36. The average molecular weight is 489 g/mol.